The van der Waals surface area contributed by atoms with Gasteiger partial charge >= 0.3 is 0 Å². The van der Waals surface area contributed by atoms with Crippen LogP contribution in [-0.4, -0.2) is 0 Å². The zero-order chi connectivity index (χ0) is 12.6. The second-order valence-corrected chi connectivity index (χ2v) is 6.48. The lowest BCUT2D eigenvalue weighted by Gasteiger charge is -2.15. The van der Waals surface area contributed by atoms with E-state index in [-0.39, 0.29) is 11.5 Å². The number of furan rings is 1. The first-order chi connectivity index (χ1) is 7.89. The van der Waals surface area contributed by atoms with Gasteiger partial charge in [0.25, 0.3) is 0 Å². The summed E-state index contributed by atoms with van der Waals surface area (Å²) >= 11 is 1.79. The van der Waals surface area contributed by atoms with Crippen LogP contribution in [-0.2, 0) is 5.41 Å². The van der Waals surface area contributed by atoms with E-state index in [4.69, 9.17) is 10.2 Å². The highest BCUT2D eigenvalue weighted by Gasteiger charge is 2.20. The van der Waals surface area contributed by atoms with E-state index < -0.39 is 0 Å². The molecule has 3 heteroatoms. The van der Waals surface area contributed by atoms with Crippen LogP contribution in [0.2, 0.25) is 0 Å². The first-order valence-corrected chi connectivity index (χ1v) is 6.61. The normalized spacial score (nSPS) is 13.9. The van der Waals surface area contributed by atoms with E-state index >= 15 is 0 Å². The lowest BCUT2D eigenvalue weighted by Crippen LogP contribution is -2.10. The first kappa shape index (κ1) is 12.4. The van der Waals surface area contributed by atoms with Gasteiger partial charge in [-0.25, -0.2) is 0 Å². The van der Waals surface area contributed by atoms with Crippen LogP contribution < -0.4 is 5.73 Å². The highest BCUT2D eigenvalue weighted by molar-refractivity contribution is 7.12. The molecule has 0 aromatic carbocycles. The quantitative estimate of drug-likeness (QED) is 0.874. The molecule has 2 aromatic rings. The van der Waals surface area contributed by atoms with Crippen molar-refractivity contribution in [3.63, 3.8) is 0 Å². The fraction of sp³-hybridized carbons (Fsp3) is 0.429. The summed E-state index contributed by atoms with van der Waals surface area (Å²) in [5.41, 5.74) is 7.53. The van der Waals surface area contributed by atoms with Crippen LogP contribution in [0, 0.1) is 6.92 Å². The lowest BCUT2D eigenvalue weighted by atomic mass is 9.95. The maximum atomic E-state index is 6.27. The van der Waals surface area contributed by atoms with Crippen LogP contribution >= 0.6 is 11.3 Å². The zero-order valence-corrected chi connectivity index (χ0v) is 11.6. The average molecular weight is 249 g/mol. The minimum atomic E-state index is -0.0742. The number of nitrogens with two attached hydrogens (primary N) is 1. The molecule has 2 nitrogen and oxygen atoms in total. The largest absolute Gasteiger partial charge is 0.469 e. The summed E-state index contributed by atoms with van der Waals surface area (Å²) in [6.07, 6.45) is 1.70. The fourth-order valence-electron chi connectivity index (χ4n) is 1.79. The topological polar surface area (TPSA) is 39.2 Å². The molecule has 0 spiro atoms. The third-order valence-electron chi connectivity index (χ3n) is 2.91. The van der Waals surface area contributed by atoms with Crippen LogP contribution in [0.5, 0.6) is 0 Å². The molecule has 2 rings (SSSR count). The fourth-order valence-corrected chi connectivity index (χ4v) is 2.88. The summed E-state index contributed by atoms with van der Waals surface area (Å²) in [6.45, 7) is 8.61. The SMILES string of the molecule is Cc1occc1C(N)c1ccc(C(C)(C)C)s1. The van der Waals surface area contributed by atoms with E-state index in [1.165, 1.54) is 9.75 Å². The molecule has 2 N–H and O–H groups in total. The Hall–Kier alpha value is -1.06. The van der Waals surface area contributed by atoms with E-state index in [9.17, 15) is 0 Å². The molecule has 0 bridgehead atoms. The van der Waals surface area contributed by atoms with Crippen molar-refractivity contribution in [2.24, 2.45) is 5.73 Å². The van der Waals surface area contributed by atoms with Crippen LogP contribution in [0.15, 0.2) is 28.9 Å². The van der Waals surface area contributed by atoms with Gasteiger partial charge in [-0.15, -0.1) is 11.3 Å². The Balaban J connectivity index is 2.30. The summed E-state index contributed by atoms with van der Waals surface area (Å²) in [7, 11) is 0. The van der Waals surface area contributed by atoms with Crippen LogP contribution in [0.25, 0.3) is 0 Å². The van der Waals surface area contributed by atoms with Gasteiger partial charge in [-0.1, -0.05) is 20.8 Å². The van der Waals surface area contributed by atoms with Gasteiger partial charge in [-0.3, -0.25) is 0 Å². The molecule has 0 saturated heterocycles. The van der Waals surface area contributed by atoms with Gasteiger partial charge in [0.1, 0.15) is 5.76 Å². The molecule has 0 radical (unpaired) electrons. The molecule has 1 unspecified atom stereocenters. The van der Waals surface area contributed by atoms with Crippen molar-refractivity contribution < 1.29 is 4.42 Å². The third-order valence-corrected chi connectivity index (χ3v) is 4.50. The second-order valence-electron chi connectivity index (χ2n) is 5.36. The molecule has 17 heavy (non-hydrogen) atoms. The Morgan fingerprint density at radius 1 is 1.24 bits per heavy atom. The highest BCUT2D eigenvalue weighted by Crippen LogP contribution is 2.34. The van der Waals surface area contributed by atoms with Gasteiger partial charge in [0.15, 0.2) is 0 Å². The van der Waals surface area contributed by atoms with Crippen molar-refractivity contribution in [2.75, 3.05) is 0 Å². The van der Waals surface area contributed by atoms with Crippen LogP contribution in [0.4, 0.5) is 0 Å². The standard InChI is InChI=1S/C14H19NOS/c1-9-10(7-8-16-9)13(15)11-5-6-12(17-11)14(2,3)4/h5-8,13H,15H2,1-4H3. The van der Waals surface area contributed by atoms with Crippen LogP contribution in [0.1, 0.15) is 47.9 Å². The van der Waals surface area contributed by atoms with Crippen molar-refractivity contribution in [3.8, 4) is 0 Å². The third kappa shape index (κ3) is 2.45. The maximum Gasteiger partial charge on any atom is 0.105 e. The van der Waals surface area contributed by atoms with E-state index in [0.29, 0.717) is 0 Å². The molecule has 0 aliphatic heterocycles. The van der Waals surface area contributed by atoms with Gasteiger partial charge in [-0.2, -0.15) is 0 Å². The molecule has 2 aromatic heterocycles. The number of rotatable bonds is 2. The Bertz CT molecular complexity index is 504. The monoisotopic (exact) mass is 249 g/mol. The average Bonchev–Trinajstić information content (AvgIpc) is 2.83. The van der Waals surface area contributed by atoms with Crippen molar-refractivity contribution in [1.82, 2.24) is 0 Å². The second kappa shape index (κ2) is 4.31. The summed E-state index contributed by atoms with van der Waals surface area (Å²) in [4.78, 5) is 2.56. The predicted molar refractivity (Wildman–Crippen MR) is 72.5 cm³/mol. The Labute approximate surface area is 106 Å². The molecular formula is C14H19NOS. The number of aryl methyl sites for hydroxylation is 1. The molecule has 0 amide bonds. The Morgan fingerprint density at radius 3 is 2.41 bits per heavy atom. The molecule has 0 fully saturated rings. The maximum absolute atomic E-state index is 6.27. The van der Waals surface area contributed by atoms with Crippen molar-refractivity contribution in [1.29, 1.82) is 0 Å². The minimum Gasteiger partial charge on any atom is -0.469 e. The number of hydrogen-bond acceptors (Lipinski definition) is 3. The van der Waals surface area contributed by atoms with E-state index in [2.05, 4.69) is 32.9 Å². The summed E-state index contributed by atoms with van der Waals surface area (Å²) in [5, 5.41) is 0. The van der Waals surface area contributed by atoms with Crippen molar-refractivity contribution in [3.05, 3.63) is 45.5 Å². The molecular weight excluding hydrogens is 230 g/mol. The lowest BCUT2D eigenvalue weighted by molar-refractivity contribution is 0.528. The van der Waals surface area contributed by atoms with Gasteiger partial charge < -0.3 is 10.2 Å². The van der Waals surface area contributed by atoms with E-state index in [0.717, 1.165) is 11.3 Å². The van der Waals surface area contributed by atoms with Gasteiger partial charge in [-0.05, 0) is 30.5 Å². The zero-order valence-electron chi connectivity index (χ0n) is 10.8. The van der Waals surface area contributed by atoms with E-state index in [1.807, 2.05) is 13.0 Å². The molecule has 0 saturated carbocycles. The summed E-state index contributed by atoms with van der Waals surface area (Å²) < 4.78 is 5.31. The Kier molecular flexibility index (Phi) is 3.15. The molecule has 0 aliphatic rings. The molecule has 0 aliphatic carbocycles. The number of hydrogen-bond donors (Lipinski definition) is 1. The molecule has 2 heterocycles. The van der Waals surface area contributed by atoms with Gasteiger partial charge in [0.2, 0.25) is 0 Å². The van der Waals surface area contributed by atoms with Crippen LogP contribution in [0.3, 0.4) is 0 Å². The smallest absolute Gasteiger partial charge is 0.105 e. The summed E-state index contributed by atoms with van der Waals surface area (Å²) in [6, 6.07) is 6.18. The molecule has 1 atom stereocenters. The summed E-state index contributed by atoms with van der Waals surface area (Å²) in [5.74, 6) is 0.906. The number of thiophene rings is 1. The van der Waals surface area contributed by atoms with Crippen molar-refractivity contribution >= 4 is 11.3 Å². The van der Waals surface area contributed by atoms with E-state index in [1.54, 1.807) is 17.6 Å². The first-order valence-electron chi connectivity index (χ1n) is 5.79. The highest BCUT2D eigenvalue weighted by atomic mass is 32.1. The Morgan fingerprint density at radius 2 is 1.94 bits per heavy atom. The predicted octanol–water partition coefficient (Wildman–Crippen LogP) is 4.00. The molecule has 92 valence electrons. The minimum absolute atomic E-state index is 0.0742. The van der Waals surface area contributed by atoms with Gasteiger partial charge in [0.05, 0.1) is 12.3 Å². The van der Waals surface area contributed by atoms with Crippen molar-refractivity contribution in [2.45, 2.75) is 39.2 Å². The van der Waals surface area contributed by atoms with Gasteiger partial charge in [0, 0.05) is 15.3 Å².